The number of aromatic nitrogens is 2. The van der Waals surface area contributed by atoms with Gasteiger partial charge >= 0.3 is 0 Å². The number of halogens is 3. The number of nitrogens with one attached hydrogen (secondary N) is 3. The highest BCUT2D eigenvalue weighted by Gasteiger charge is 2.26. The Morgan fingerprint density at radius 3 is 1.93 bits per heavy atom. The molecular formula is C30H24Cl3N5O6S2. The number of hydrogen-bond acceptors (Lipinski definition) is 6. The second kappa shape index (κ2) is 12.9. The van der Waals surface area contributed by atoms with Gasteiger partial charge in [-0.25, -0.2) is 21.5 Å². The summed E-state index contributed by atoms with van der Waals surface area (Å²) in [5.74, 6) is -0.772. The largest absolute Gasteiger partial charge is 0.322 e. The van der Waals surface area contributed by atoms with Crippen molar-refractivity contribution in [3.05, 3.63) is 128 Å². The van der Waals surface area contributed by atoms with Crippen molar-refractivity contribution in [1.29, 1.82) is 0 Å². The molecule has 3 N–H and O–H groups in total. The second-order valence-corrected chi connectivity index (χ2v) is 14.5. The molecule has 1 aromatic heterocycles. The third-order valence-electron chi connectivity index (χ3n) is 6.85. The van der Waals surface area contributed by atoms with Crippen LogP contribution in [0.4, 0.5) is 17.1 Å². The first-order chi connectivity index (χ1) is 21.7. The fourth-order valence-corrected chi connectivity index (χ4v) is 7.80. The maximum absolute atomic E-state index is 13.5. The maximum atomic E-state index is 13.5. The number of carbonyl (C=O) groups excluding carboxylic acids is 1. The zero-order valence-corrected chi connectivity index (χ0v) is 27.9. The number of hydrogen-bond donors (Lipinski definition) is 3. The van der Waals surface area contributed by atoms with E-state index < -0.39 is 36.4 Å². The summed E-state index contributed by atoms with van der Waals surface area (Å²) in [4.78, 5) is 25.7. The number of para-hydroxylation sites is 1. The van der Waals surface area contributed by atoms with Crippen LogP contribution >= 0.6 is 34.8 Å². The summed E-state index contributed by atoms with van der Waals surface area (Å²) in [6, 6.07) is 22.0. The smallest absolute Gasteiger partial charge is 0.296 e. The van der Waals surface area contributed by atoms with Gasteiger partial charge in [0.25, 0.3) is 31.5 Å². The minimum Gasteiger partial charge on any atom is -0.322 e. The molecule has 0 bridgehead atoms. The third-order valence-corrected chi connectivity index (χ3v) is 10.8. The fraction of sp³-hybridized carbons (Fsp3) is 0.0667. The highest BCUT2D eigenvalue weighted by atomic mass is 35.5. The fourth-order valence-electron chi connectivity index (χ4n) is 4.44. The van der Waals surface area contributed by atoms with Crippen LogP contribution in [0.25, 0.3) is 5.69 Å². The van der Waals surface area contributed by atoms with Crippen molar-refractivity contribution in [3.8, 4) is 5.69 Å². The molecular weight excluding hydrogens is 697 g/mol. The van der Waals surface area contributed by atoms with Crippen molar-refractivity contribution in [2.45, 2.75) is 16.7 Å². The van der Waals surface area contributed by atoms with Gasteiger partial charge in [-0.3, -0.25) is 23.7 Å². The quantitative estimate of drug-likeness (QED) is 0.163. The van der Waals surface area contributed by atoms with E-state index in [1.165, 1.54) is 57.9 Å². The van der Waals surface area contributed by atoms with E-state index in [4.69, 9.17) is 34.8 Å². The number of carbonyl (C=O) groups is 1. The summed E-state index contributed by atoms with van der Waals surface area (Å²) < 4.78 is 60.6. The SMILES string of the molecule is Cc1c(NS(=O)(=O)c2cc(C(=O)Nc3ccc(Cl)c(S(=O)(=O)Nc4ccc(Cl)cc4)c3)ccc2Cl)c(=O)n(-c2ccccc2)n1C. The first-order valence-electron chi connectivity index (χ1n) is 13.2. The van der Waals surface area contributed by atoms with E-state index in [2.05, 4.69) is 14.8 Å². The Labute approximate surface area is 279 Å². The molecule has 0 radical (unpaired) electrons. The Kier molecular flexibility index (Phi) is 9.25. The predicted octanol–water partition coefficient (Wildman–Crippen LogP) is 6.30. The van der Waals surface area contributed by atoms with Crippen LogP contribution in [0.1, 0.15) is 16.1 Å². The molecule has 1 heterocycles. The average molecular weight is 721 g/mol. The van der Waals surface area contributed by atoms with Gasteiger partial charge < -0.3 is 5.32 Å². The Balaban J connectivity index is 1.41. The molecule has 0 saturated heterocycles. The molecule has 11 nitrogen and oxygen atoms in total. The molecule has 0 aliphatic heterocycles. The molecule has 0 unspecified atom stereocenters. The van der Waals surface area contributed by atoms with Crippen LogP contribution in [-0.2, 0) is 27.1 Å². The predicted molar refractivity (Wildman–Crippen MR) is 180 cm³/mol. The minimum absolute atomic E-state index is 0.0599. The normalized spacial score (nSPS) is 11.7. The number of sulfonamides is 2. The van der Waals surface area contributed by atoms with Crippen LogP contribution in [0.3, 0.4) is 0 Å². The summed E-state index contributed by atoms with van der Waals surface area (Å²) in [6.07, 6.45) is 0. The van der Waals surface area contributed by atoms with Crippen LogP contribution in [0.2, 0.25) is 15.1 Å². The average Bonchev–Trinajstić information content (AvgIpc) is 3.22. The molecule has 0 saturated carbocycles. The third kappa shape index (κ3) is 6.78. The van der Waals surface area contributed by atoms with E-state index >= 15 is 0 Å². The standard InChI is InChI=1S/C30H24Cl3N5O6S2/c1-18-28(30(40)38(37(18)2)23-6-4-3-5-7-23)36-46(43,44)26-16-19(8-14-24(26)32)29(39)34-22-13-15-25(33)27(17-22)45(41,42)35-21-11-9-20(31)10-12-21/h3-17,35-36H,1-2H3,(H,34,39). The first kappa shape index (κ1) is 33.1. The van der Waals surface area contributed by atoms with Crippen molar-refractivity contribution >= 4 is 77.8 Å². The van der Waals surface area contributed by atoms with Crippen molar-refractivity contribution in [2.24, 2.45) is 7.05 Å². The van der Waals surface area contributed by atoms with Gasteiger partial charge in [0.05, 0.1) is 21.4 Å². The van der Waals surface area contributed by atoms with E-state index in [0.29, 0.717) is 16.4 Å². The number of anilines is 3. The molecule has 0 aliphatic carbocycles. The highest BCUT2D eigenvalue weighted by Crippen LogP contribution is 2.29. The first-order valence-corrected chi connectivity index (χ1v) is 17.3. The van der Waals surface area contributed by atoms with Gasteiger partial charge in [0.2, 0.25) is 0 Å². The van der Waals surface area contributed by atoms with Crippen molar-refractivity contribution in [3.63, 3.8) is 0 Å². The van der Waals surface area contributed by atoms with Crippen LogP contribution in [0.15, 0.2) is 106 Å². The van der Waals surface area contributed by atoms with E-state index in [9.17, 15) is 26.4 Å². The van der Waals surface area contributed by atoms with E-state index in [1.807, 2.05) is 0 Å². The molecule has 5 rings (SSSR count). The zero-order valence-electron chi connectivity index (χ0n) is 24.0. The van der Waals surface area contributed by atoms with Crippen LogP contribution in [-0.4, -0.2) is 32.1 Å². The zero-order chi connectivity index (χ0) is 33.4. The Morgan fingerprint density at radius 2 is 1.28 bits per heavy atom. The molecule has 0 spiro atoms. The number of benzene rings is 4. The van der Waals surface area contributed by atoms with E-state index in [0.717, 1.165) is 12.1 Å². The topological polar surface area (TPSA) is 148 Å². The second-order valence-electron chi connectivity index (χ2n) is 9.90. The Morgan fingerprint density at radius 1 is 0.717 bits per heavy atom. The number of nitrogens with zero attached hydrogens (tertiary/aromatic N) is 2. The summed E-state index contributed by atoms with van der Waals surface area (Å²) in [7, 11) is -7.04. The Hall–Kier alpha value is -4.27. The van der Waals surface area contributed by atoms with E-state index in [-0.39, 0.29) is 37.6 Å². The molecule has 16 heteroatoms. The van der Waals surface area contributed by atoms with Crippen LogP contribution in [0, 0.1) is 6.92 Å². The van der Waals surface area contributed by atoms with Gasteiger partial charge in [0, 0.05) is 29.0 Å². The van der Waals surface area contributed by atoms with Gasteiger partial charge in [0.1, 0.15) is 15.5 Å². The Bertz CT molecular complexity index is 2250. The van der Waals surface area contributed by atoms with Gasteiger partial charge in [-0.1, -0.05) is 53.0 Å². The monoisotopic (exact) mass is 719 g/mol. The van der Waals surface area contributed by atoms with Crippen LogP contribution in [0.5, 0.6) is 0 Å². The number of amides is 1. The summed E-state index contributed by atoms with van der Waals surface area (Å²) in [5.41, 5.74) is 0.238. The lowest BCUT2D eigenvalue weighted by Gasteiger charge is -2.13. The van der Waals surface area contributed by atoms with Crippen LogP contribution < -0.4 is 20.3 Å². The molecule has 46 heavy (non-hydrogen) atoms. The van der Waals surface area contributed by atoms with Gasteiger partial charge in [0.15, 0.2) is 0 Å². The maximum Gasteiger partial charge on any atom is 0.296 e. The summed E-state index contributed by atoms with van der Waals surface area (Å²) in [5, 5.41) is 2.66. The number of rotatable bonds is 9. The molecule has 0 aliphatic rings. The van der Waals surface area contributed by atoms with Gasteiger partial charge in [-0.05, 0) is 79.7 Å². The van der Waals surface area contributed by atoms with Gasteiger partial charge in [-0.2, -0.15) is 0 Å². The lowest BCUT2D eigenvalue weighted by atomic mass is 10.2. The molecule has 0 fully saturated rings. The lowest BCUT2D eigenvalue weighted by Crippen LogP contribution is -2.23. The summed E-state index contributed by atoms with van der Waals surface area (Å²) >= 11 is 18.3. The summed E-state index contributed by atoms with van der Waals surface area (Å²) in [6.45, 7) is 1.58. The highest BCUT2D eigenvalue weighted by molar-refractivity contribution is 7.93. The van der Waals surface area contributed by atoms with Crippen molar-refractivity contribution < 1.29 is 21.6 Å². The van der Waals surface area contributed by atoms with Crippen molar-refractivity contribution in [2.75, 3.05) is 14.8 Å². The molecule has 4 aromatic carbocycles. The molecule has 238 valence electrons. The van der Waals surface area contributed by atoms with Gasteiger partial charge in [-0.15, -0.1) is 0 Å². The van der Waals surface area contributed by atoms with E-state index in [1.54, 1.807) is 44.3 Å². The molecule has 5 aromatic rings. The molecule has 0 atom stereocenters. The van der Waals surface area contributed by atoms with Crippen molar-refractivity contribution in [1.82, 2.24) is 9.36 Å². The minimum atomic E-state index is -4.47. The lowest BCUT2D eigenvalue weighted by molar-refractivity contribution is 0.102. The molecule has 1 amide bonds.